The first kappa shape index (κ1) is 37.7. The third kappa shape index (κ3) is 11.7. The molecule has 0 bridgehead atoms. The lowest BCUT2D eigenvalue weighted by Gasteiger charge is -2.41. The minimum Gasteiger partial charge on any atom is -0.459 e. The van der Waals surface area contributed by atoms with E-state index in [1.165, 1.54) is 14.0 Å². The third-order valence-corrected chi connectivity index (χ3v) is 8.37. The number of esters is 2. The Morgan fingerprint density at radius 3 is 2.29 bits per heavy atom. The monoisotopic (exact) mass is 589 g/mol. The van der Waals surface area contributed by atoms with Gasteiger partial charge in [-0.2, -0.15) is 0 Å². The lowest BCUT2D eigenvalue weighted by atomic mass is 9.83. The Labute approximate surface area is 248 Å². The van der Waals surface area contributed by atoms with Crippen molar-refractivity contribution in [1.82, 2.24) is 4.90 Å². The van der Waals surface area contributed by atoms with Crippen molar-refractivity contribution in [1.29, 1.82) is 0 Å². The van der Waals surface area contributed by atoms with E-state index >= 15 is 0 Å². The summed E-state index contributed by atoms with van der Waals surface area (Å²) in [6.45, 7) is 18.7. The molecule has 1 saturated heterocycles. The number of aliphatic hydroxyl groups excluding tert-OH is 1. The molecular weight excluding hydrogens is 530 g/mol. The van der Waals surface area contributed by atoms with Gasteiger partial charge in [0, 0.05) is 26.1 Å². The van der Waals surface area contributed by atoms with Gasteiger partial charge in [-0.3, -0.25) is 14.5 Å². The average Bonchev–Trinajstić information content (AvgIpc) is 2.87. The Morgan fingerprint density at radius 2 is 1.78 bits per heavy atom. The van der Waals surface area contributed by atoms with Crippen molar-refractivity contribution in [2.45, 2.75) is 156 Å². The summed E-state index contributed by atoms with van der Waals surface area (Å²) in [6, 6.07) is -0.0321. The first-order chi connectivity index (χ1) is 19.1. The maximum Gasteiger partial charge on any atom is 0.311 e. The molecule has 1 aliphatic heterocycles. The molecule has 2 N–H and O–H groups in total. The number of carbonyl (C=O) groups is 2. The van der Waals surface area contributed by atoms with E-state index in [4.69, 9.17) is 23.7 Å². The van der Waals surface area contributed by atoms with Crippen LogP contribution in [0.2, 0.25) is 0 Å². The number of nitrogens with zero attached hydrogens (tertiary/aromatic N) is 1. The fourth-order valence-corrected chi connectivity index (χ4v) is 6.30. The molecule has 0 amide bonds. The summed E-state index contributed by atoms with van der Waals surface area (Å²) >= 11 is 0. The van der Waals surface area contributed by atoms with E-state index in [1.54, 1.807) is 13.8 Å². The predicted octanol–water partition coefficient (Wildman–Crippen LogP) is 4.63. The van der Waals surface area contributed by atoms with Crippen LogP contribution in [0.3, 0.4) is 0 Å². The first-order valence-electron chi connectivity index (χ1n) is 15.4. The number of carbonyl (C=O) groups excluding carboxylic acids is 2. The fraction of sp³-hybridized carbons (Fsp3) is 0.935. The highest BCUT2D eigenvalue weighted by Crippen LogP contribution is 2.33. The Morgan fingerprint density at radius 1 is 1.15 bits per heavy atom. The molecule has 1 heterocycles. The Bertz CT molecular complexity index is 779. The normalized spacial score (nSPS) is 35.1. The van der Waals surface area contributed by atoms with Gasteiger partial charge in [0.25, 0.3) is 0 Å². The predicted molar refractivity (Wildman–Crippen MR) is 157 cm³/mol. The standard InChI is InChI=1S/C31H59NO9/c1-12-14-27(38-24(8)30(37-11)39-25(9)34)41-28-20(4)15-19(3)16-21(5)32(18-33)22(6)17-31(10,36)26(13-2)40-29(35)23(28)7/h19-24,26-28,30,33,36H,12-18H2,1-11H3/t19?,20?,21-,22-,23?,24+,26?,27?,28?,30?,31+/m1/s1. The van der Waals surface area contributed by atoms with Gasteiger partial charge in [-0.25, -0.2) is 0 Å². The van der Waals surface area contributed by atoms with Crippen LogP contribution in [0.5, 0.6) is 0 Å². The molecule has 0 aromatic carbocycles. The summed E-state index contributed by atoms with van der Waals surface area (Å²) in [5.41, 5.74) is -1.29. The van der Waals surface area contributed by atoms with Crippen LogP contribution in [0.15, 0.2) is 0 Å². The van der Waals surface area contributed by atoms with Crippen LogP contribution < -0.4 is 0 Å². The summed E-state index contributed by atoms with van der Waals surface area (Å²) in [4.78, 5) is 27.1. The summed E-state index contributed by atoms with van der Waals surface area (Å²) < 4.78 is 29.3. The maximum absolute atomic E-state index is 13.6. The maximum atomic E-state index is 13.6. The number of hydrogen-bond acceptors (Lipinski definition) is 10. The number of hydrogen-bond donors (Lipinski definition) is 2. The lowest BCUT2D eigenvalue weighted by Crippen LogP contribution is -2.51. The van der Waals surface area contributed by atoms with Gasteiger partial charge < -0.3 is 33.9 Å². The number of cyclic esters (lactones) is 1. The lowest BCUT2D eigenvalue weighted by molar-refractivity contribution is -0.260. The van der Waals surface area contributed by atoms with Gasteiger partial charge in [0.2, 0.25) is 6.29 Å². The Kier molecular flexibility index (Phi) is 16.3. The summed E-state index contributed by atoms with van der Waals surface area (Å²) in [5.74, 6) is -1.30. The van der Waals surface area contributed by atoms with Crippen LogP contribution in [0.4, 0.5) is 0 Å². The van der Waals surface area contributed by atoms with Gasteiger partial charge in [-0.15, -0.1) is 0 Å². The second kappa shape index (κ2) is 17.7. The molecule has 1 fully saturated rings. The third-order valence-electron chi connectivity index (χ3n) is 8.37. The Balaban J connectivity index is 3.37. The largest absolute Gasteiger partial charge is 0.459 e. The van der Waals surface area contributed by atoms with Crippen molar-refractivity contribution in [2.75, 3.05) is 13.8 Å². The number of aliphatic hydroxyl groups is 2. The number of methoxy groups -OCH3 is 1. The second-order valence-electron chi connectivity index (χ2n) is 12.5. The topological polar surface area (TPSA) is 124 Å². The first-order valence-corrected chi connectivity index (χ1v) is 15.4. The van der Waals surface area contributed by atoms with E-state index in [9.17, 15) is 19.8 Å². The van der Waals surface area contributed by atoms with Crippen molar-refractivity contribution in [3.63, 3.8) is 0 Å². The van der Waals surface area contributed by atoms with Gasteiger partial charge >= 0.3 is 11.9 Å². The fourth-order valence-electron chi connectivity index (χ4n) is 6.30. The van der Waals surface area contributed by atoms with E-state index in [0.717, 1.165) is 19.3 Å². The van der Waals surface area contributed by atoms with Crippen LogP contribution >= 0.6 is 0 Å². The van der Waals surface area contributed by atoms with Crippen LogP contribution in [-0.4, -0.2) is 89.5 Å². The number of rotatable bonds is 11. The molecule has 0 aliphatic carbocycles. The van der Waals surface area contributed by atoms with Gasteiger partial charge in [0.15, 0.2) is 6.29 Å². The Hall–Kier alpha value is -1.30. The molecular formula is C31H59NO9. The molecule has 0 aromatic heterocycles. The zero-order valence-corrected chi connectivity index (χ0v) is 27.4. The minimum atomic E-state index is -1.29. The van der Waals surface area contributed by atoms with E-state index in [1.807, 2.05) is 32.6 Å². The van der Waals surface area contributed by atoms with Crippen LogP contribution in [0, 0.1) is 17.8 Å². The van der Waals surface area contributed by atoms with E-state index in [2.05, 4.69) is 20.8 Å². The molecule has 11 atom stereocenters. The van der Waals surface area contributed by atoms with Gasteiger partial charge in [0.1, 0.15) is 17.8 Å². The molecule has 10 nitrogen and oxygen atoms in total. The molecule has 0 saturated carbocycles. The van der Waals surface area contributed by atoms with Crippen molar-refractivity contribution >= 4 is 11.9 Å². The minimum absolute atomic E-state index is 0.0340. The second-order valence-corrected chi connectivity index (χ2v) is 12.5. The molecule has 242 valence electrons. The van der Waals surface area contributed by atoms with Crippen LogP contribution in [0.25, 0.3) is 0 Å². The molecule has 7 unspecified atom stereocenters. The van der Waals surface area contributed by atoms with Gasteiger partial charge in [-0.05, 0) is 78.6 Å². The van der Waals surface area contributed by atoms with Crippen molar-refractivity contribution in [3.8, 4) is 0 Å². The summed E-state index contributed by atoms with van der Waals surface area (Å²) in [5, 5.41) is 21.7. The van der Waals surface area contributed by atoms with Gasteiger partial charge in [0.05, 0.1) is 18.8 Å². The molecule has 0 radical (unpaired) electrons. The highest BCUT2D eigenvalue weighted by atomic mass is 16.7. The van der Waals surface area contributed by atoms with E-state index in [-0.39, 0.29) is 30.7 Å². The van der Waals surface area contributed by atoms with E-state index in [0.29, 0.717) is 19.3 Å². The average molecular weight is 590 g/mol. The molecule has 41 heavy (non-hydrogen) atoms. The van der Waals surface area contributed by atoms with Gasteiger partial charge in [-0.1, -0.05) is 34.1 Å². The quantitative estimate of drug-likeness (QED) is 0.260. The van der Waals surface area contributed by atoms with Crippen LogP contribution in [0.1, 0.15) is 108 Å². The molecule has 1 aliphatic rings. The SMILES string of the molecule is CCCC(OC1C(C)CC(C)C[C@@H](C)N(CO)[C@H](C)C[C@](C)(O)C(CC)OC(=O)C1C)O[C@@H](C)C(OC)OC(C)=O. The summed E-state index contributed by atoms with van der Waals surface area (Å²) in [6.07, 6.45) is 0.318. The smallest absolute Gasteiger partial charge is 0.311 e. The number of ether oxygens (including phenoxy) is 5. The van der Waals surface area contributed by atoms with Crippen molar-refractivity contribution in [3.05, 3.63) is 0 Å². The van der Waals surface area contributed by atoms with Crippen molar-refractivity contribution < 1.29 is 43.5 Å². The molecule has 0 spiro atoms. The zero-order valence-electron chi connectivity index (χ0n) is 27.4. The molecule has 1 rings (SSSR count). The van der Waals surface area contributed by atoms with E-state index < -0.39 is 54.3 Å². The van der Waals surface area contributed by atoms with Crippen molar-refractivity contribution in [2.24, 2.45) is 17.8 Å². The highest BCUT2D eigenvalue weighted by Gasteiger charge is 2.41. The highest BCUT2D eigenvalue weighted by molar-refractivity contribution is 5.73. The van der Waals surface area contributed by atoms with Crippen LogP contribution in [-0.2, 0) is 33.3 Å². The summed E-state index contributed by atoms with van der Waals surface area (Å²) in [7, 11) is 1.45. The zero-order chi connectivity index (χ0) is 31.5. The molecule has 0 aromatic rings. The molecule has 10 heteroatoms.